The van der Waals surface area contributed by atoms with Crippen LogP contribution < -0.4 is 0 Å². The summed E-state index contributed by atoms with van der Waals surface area (Å²) < 4.78 is 13.9. The van der Waals surface area contributed by atoms with Crippen LogP contribution in [0.5, 0.6) is 0 Å². The SMILES string of the molecule is Fc1cccc(-c2[nH]c3ccccc3c2CCN2CCC(c3ccccc3)CC2)c1. The van der Waals surface area contributed by atoms with Gasteiger partial charge in [-0.15, -0.1) is 0 Å². The fourth-order valence-electron chi connectivity index (χ4n) is 4.84. The number of benzene rings is 3. The van der Waals surface area contributed by atoms with Crippen molar-refractivity contribution in [3.8, 4) is 11.3 Å². The van der Waals surface area contributed by atoms with Crippen LogP contribution in [0.2, 0.25) is 0 Å². The van der Waals surface area contributed by atoms with Gasteiger partial charge >= 0.3 is 0 Å². The maximum absolute atomic E-state index is 13.9. The maximum Gasteiger partial charge on any atom is 0.123 e. The van der Waals surface area contributed by atoms with Crippen LogP contribution in [0.3, 0.4) is 0 Å². The minimum absolute atomic E-state index is 0.194. The number of rotatable bonds is 5. The summed E-state index contributed by atoms with van der Waals surface area (Å²) in [6.07, 6.45) is 3.40. The van der Waals surface area contributed by atoms with Crippen molar-refractivity contribution in [1.82, 2.24) is 9.88 Å². The Morgan fingerprint density at radius 1 is 0.867 bits per heavy atom. The predicted molar refractivity (Wildman–Crippen MR) is 122 cm³/mol. The lowest BCUT2D eigenvalue weighted by Gasteiger charge is -2.32. The van der Waals surface area contributed by atoms with Gasteiger partial charge in [-0.25, -0.2) is 4.39 Å². The molecular formula is C27H27FN2. The quantitative estimate of drug-likeness (QED) is 0.412. The number of halogens is 1. The minimum Gasteiger partial charge on any atom is -0.354 e. The normalized spacial score (nSPS) is 15.6. The number of aromatic amines is 1. The topological polar surface area (TPSA) is 19.0 Å². The van der Waals surface area contributed by atoms with E-state index in [4.69, 9.17) is 0 Å². The van der Waals surface area contributed by atoms with Crippen molar-refractivity contribution < 1.29 is 4.39 Å². The molecule has 1 N–H and O–H groups in total. The molecule has 1 fully saturated rings. The van der Waals surface area contributed by atoms with E-state index in [9.17, 15) is 4.39 Å². The van der Waals surface area contributed by atoms with E-state index in [1.165, 1.54) is 35.4 Å². The highest BCUT2D eigenvalue weighted by Crippen LogP contribution is 2.32. The number of nitrogens with one attached hydrogen (secondary N) is 1. The van der Waals surface area contributed by atoms with E-state index >= 15 is 0 Å². The number of para-hydroxylation sites is 1. The Labute approximate surface area is 177 Å². The van der Waals surface area contributed by atoms with Crippen LogP contribution in [-0.2, 0) is 6.42 Å². The molecule has 4 aromatic rings. The molecule has 3 heteroatoms. The lowest BCUT2D eigenvalue weighted by molar-refractivity contribution is 0.215. The first-order chi connectivity index (χ1) is 14.8. The van der Waals surface area contributed by atoms with Crippen molar-refractivity contribution in [3.05, 3.63) is 95.8 Å². The zero-order valence-electron chi connectivity index (χ0n) is 17.2. The molecule has 0 saturated carbocycles. The number of hydrogen-bond donors (Lipinski definition) is 1. The molecule has 5 rings (SSSR count). The van der Waals surface area contributed by atoms with Crippen molar-refractivity contribution in [2.75, 3.05) is 19.6 Å². The van der Waals surface area contributed by atoms with E-state index in [0.717, 1.165) is 42.8 Å². The molecule has 0 aliphatic carbocycles. The molecule has 1 saturated heterocycles. The van der Waals surface area contributed by atoms with Gasteiger partial charge in [0.15, 0.2) is 0 Å². The van der Waals surface area contributed by atoms with Crippen molar-refractivity contribution in [2.24, 2.45) is 0 Å². The van der Waals surface area contributed by atoms with Gasteiger partial charge in [-0.1, -0.05) is 60.7 Å². The number of hydrogen-bond acceptors (Lipinski definition) is 1. The molecule has 30 heavy (non-hydrogen) atoms. The standard InChI is InChI=1S/C27H27FN2/c28-23-10-6-9-22(19-23)27-25(24-11-4-5-12-26(24)29-27)15-18-30-16-13-21(14-17-30)20-7-2-1-3-8-20/h1-12,19,21,29H,13-18H2. The smallest absolute Gasteiger partial charge is 0.123 e. The summed E-state index contributed by atoms with van der Waals surface area (Å²) in [6, 6.07) is 26.2. The second-order valence-electron chi connectivity index (χ2n) is 8.31. The van der Waals surface area contributed by atoms with Crippen molar-refractivity contribution >= 4 is 10.9 Å². The number of aromatic nitrogens is 1. The van der Waals surface area contributed by atoms with E-state index in [2.05, 4.69) is 58.4 Å². The largest absolute Gasteiger partial charge is 0.354 e. The molecule has 1 aliphatic heterocycles. The van der Waals surface area contributed by atoms with E-state index in [0.29, 0.717) is 5.92 Å². The summed E-state index contributed by atoms with van der Waals surface area (Å²) in [6.45, 7) is 3.31. The maximum atomic E-state index is 13.9. The van der Waals surface area contributed by atoms with Crippen LogP contribution >= 0.6 is 0 Å². The minimum atomic E-state index is -0.194. The number of nitrogens with zero attached hydrogens (tertiary/aromatic N) is 1. The third kappa shape index (κ3) is 3.90. The second-order valence-corrected chi connectivity index (χ2v) is 8.31. The molecule has 152 valence electrons. The van der Waals surface area contributed by atoms with Crippen molar-refractivity contribution in [2.45, 2.75) is 25.2 Å². The lowest BCUT2D eigenvalue weighted by Crippen LogP contribution is -2.34. The number of piperidine rings is 1. The summed E-state index contributed by atoms with van der Waals surface area (Å²) in [5.74, 6) is 0.485. The van der Waals surface area contributed by atoms with Crippen molar-refractivity contribution in [1.29, 1.82) is 0 Å². The Morgan fingerprint density at radius 2 is 1.63 bits per heavy atom. The molecule has 3 aromatic carbocycles. The van der Waals surface area contributed by atoms with Gasteiger partial charge in [-0.3, -0.25) is 0 Å². The Kier molecular flexibility index (Phi) is 5.37. The third-order valence-electron chi connectivity index (χ3n) is 6.46. The Balaban J connectivity index is 1.33. The molecular weight excluding hydrogens is 371 g/mol. The predicted octanol–water partition coefficient (Wildman–Crippen LogP) is 6.40. The molecule has 2 nitrogen and oxygen atoms in total. The second kappa shape index (κ2) is 8.45. The van der Waals surface area contributed by atoms with Gasteiger partial charge < -0.3 is 9.88 Å². The van der Waals surface area contributed by atoms with E-state index in [-0.39, 0.29) is 5.82 Å². The van der Waals surface area contributed by atoms with Gasteiger partial charge in [0.25, 0.3) is 0 Å². The van der Waals surface area contributed by atoms with Crippen LogP contribution in [0.1, 0.15) is 29.9 Å². The first-order valence-corrected chi connectivity index (χ1v) is 10.9. The summed E-state index contributed by atoms with van der Waals surface area (Å²) in [5, 5.41) is 1.25. The Morgan fingerprint density at radius 3 is 2.43 bits per heavy atom. The molecule has 1 aromatic heterocycles. The summed E-state index contributed by atoms with van der Waals surface area (Å²) >= 11 is 0. The first-order valence-electron chi connectivity index (χ1n) is 10.9. The van der Waals surface area contributed by atoms with Crippen LogP contribution in [0.25, 0.3) is 22.2 Å². The number of H-pyrrole nitrogens is 1. The third-order valence-corrected chi connectivity index (χ3v) is 6.46. The molecule has 0 atom stereocenters. The van der Waals surface area contributed by atoms with Gasteiger partial charge in [-0.05, 0) is 67.6 Å². The summed E-state index contributed by atoms with van der Waals surface area (Å²) in [4.78, 5) is 6.12. The van der Waals surface area contributed by atoms with Crippen LogP contribution in [-0.4, -0.2) is 29.5 Å². The molecule has 0 spiro atoms. The van der Waals surface area contributed by atoms with Gasteiger partial charge in [0.1, 0.15) is 5.82 Å². The molecule has 1 aliphatic rings. The number of likely N-dealkylation sites (tertiary alicyclic amines) is 1. The van der Waals surface area contributed by atoms with E-state index in [1.807, 2.05) is 12.1 Å². The van der Waals surface area contributed by atoms with Gasteiger partial charge in [-0.2, -0.15) is 0 Å². The number of fused-ring (bicyclic) bond motifs is 1. The average Bonchev–Trinajstić information content (AvgIpc) is 3.17. The Bertz CT molecular complexity index is 1120. The molecule has 2 heterocycles. The fraction of sp³-hybridized carbons (Fsp3) is 0.259. The fourth-order valence-corrected chi connectivity index (χ4v) is 4.84. The van der Waals surface area contributed by atoms with E-state index in [1.54, 1.807) is 12.1 Å². The van der Waals surface area contributed by atoms with Gasteiger partial charge in [0, 0.05) is 28.7 Å². The molecule has 0 bridgehead atoms. The molecule has 0 radical (unpaired) electrons. The van der Waals surface area contributed by atoms with Crippen LogP contribution in [0.15, 0.2) is 78.9 Å². The summed E-state index contributed by atoms with van der Waals surface area (Å²) in [5.41, 5.74) is 5.86. The zero-order valence-corrected chi connectivity index (χ0v) is 17.2. The highest BCUT2D eigenvalue weighted by atomic mass is 19.1. The molecule has 0 unspecified atom stereocenters. The first kappa shape index (κ1) is 19.1. The summed E-state index contributed by atoms with van der Waals surface area (Å²) in [7, 11) is 0. The van der Waals surface area contributed by atoms with Gasteiger partial charge in [0.05, 0.1) is 0 Å². The van der Waals surface area contributed by atoms with Crippen LogP contribution in [0.4, 0.5) is 4.39 Å². The highest BCUT2D eigenvalue weighted by molar-refractivity contribution is 5.90. The Hall–Kier alpha value is -2.91. The zero-order chi connectivity index (χ0) is 20.3. The average molecular weight is 399 g/mol. The monoisotopic (exact) mass is 398 g/mol. The highest BCUT2D eigenvalue weighted by Gasteiger charge is 2.21. The van der Waals surface area contributed by atoms with Crippen molar-refractivity contribution in [3.63, 3.8) is 0 Å². The lowest BCUT2D eigenvalue weighted by atomic mass is 9.89. The molecule has 0 amide bonds. The van der Waals surface area contributed by atoms with E-state index < -0.39 is 0 Å². The van der Waals surface area contributed by atoms with Crippen LogP contribution in [0, 0.1) is 5.82 Å². The van der Waals surface area contributed by atoms with Gasteiger partial charge in [0.2, 0.25) is 0 Å².